The first kappa shape index (κ1) is 54.6. The summed E-state index contributed by atoms with van der Waals surface area (Å²) in [5.74, 6) is -1.89. The average Bonchev–Trinajstić information content (AvgIpc) is 3.34. The molecule has 0 atom stereocenters. The normalized spacial score (nSPS) is 11.5. The van der Waals surface area contributed by atoms with E-state index >= 15 is 0 Å². The molecule has 4 rings (SSSR count). The van der Waals surface area contributed by atoms with Gasteiger partial charge in [0, 0.05) is 25.7 Å². The number of carbonyl (C=O) groups is 4. The molecular formula is C48H61N2O17P. The van der Waals surface area contributed by atoms with Crippen LogP contribution in [0.1, 0.15) is 94.3 Å². The number of aliphatic hydroxyl groups is 6. The molecule has 0 aliphatic rings. The van der Waals surface area contributed by atoms with Gasteiger partial charge in [-0.05, 0) is 121 Å². The molecule has 0 fully saturated rings. The van der Waals surface area contributed by atoms with Crippen molar-refractivity contribution in [2.24, 2.45) is 0 Å². The first-order valence-electron chi connectivity index (χ1n) is 22.0. The number of unbranched alkanes of at least 4 members (excludes halogenated alkanes) is 4. The van der Waals surface area contributed by atoms with E-state index in [2.05, 4.69) is 10.6 Å². The van der Waals surface area contributed by atoms with Crippen molar-refractivity contribution in [3.05, 3.63) is 118 Å². The number of carbonyl (C=O) groups excluding carboxylic acids is 4. The molecule has 0 radical (unpaired) electrons. The summed E-state index contributed by atoms with van der Waals surface area (Å²) < 4.78 is 34.2. The Morgan fingerprint density at radius 1 is 0.485 bits per heavy atom. The zero-order chi connectivity index (χ0) is 49.5. The summed E-state index contributed by atoms with van der Waals surface area (Å²) in [7, 11) is -3.69. The minimum atomic E-state index is -3.69. The van der Waals surface area contributed by atoms with E-state index in [1.807, 2.05) is 0 Å². The quantitative estimate of drug-likeness (QED) is 0.0265. The van der Waals surface area contributed by atoms with Crippen LogP contribution in [0.5, 0.6) is 23.0 Å². The van der Waals surface area contributed by atoms with E-state index in [0.717, 1.165) is 11.1 Å². The van der Waals surface area contributed by atoms with E-state index in [4.69, 9.17) is 18.5 Å². The second-order valence-corrected chi connectivity index (χ2v) is 17.2. The average molecular weight is 969 g/mol. The van der Waals surface area contributed by atoms with E-state index in [9.17, 15) is 64.6 Å². The van der Waals surface area contributed by atoms with Gasteiger partial charge >= 0.3 is 20.2 Å². The first-order valence-corrected chi connectivity index (χ1v) is 23.3. The number of aliphatic hydroxyl groups excluding tert-OH is 6. The lowest BCUT2D eigenvalue weighted by molar-refractivity contribution is -0.126. The number of nitrogens with one attached hydrogen (secondary N) is 2. The van der Waals surface area contributed by atoms with Crippen molar-refractivity contribution < 1.29 is 83.1 Å². The van der Waals surface area contributed by atoms with Crippen LogP contribution < -0.4 is 20.1 Å². The van der Waals surface area contributed by atoms with Gasteiger partial charge in [0.15, 0.2) is 0 Å². The van der Waals surface area contributed by atoms with Crippen molar-refractivity contribution in [1.29, 1.82) is 0 Å². The Balaban J connectivity index is 1.18. The van der Waals surface area contributed by atoms with E-state index < -0.39 is 70.9 Å². The number of rotatable bonds is 30. The van der Waals surface area contributed by atoms with Crippen molar-refractivity contribution in [3.8, 4) is 23.0 Å². The van der Waals surface area contributed by atoms with Crippen LogP contribution in [0.2, 0.25) is 0 Å². The lowest BCUT2D eigenvalue weighted by Gasteiger charge is -2.28. The molecule has 0 unspecified atom stereocenters. The maximum Gasteiger partial charge on any atom is 0.423 e. The molecule has 0 aliphatic carbocycles. The Labute approximate surface area is 394 Å². The molecule has 4 aromatic carbocycles. The molecule has 0 spiro atoms. The van der Waals surface area contributed by atoms with Crippen molar-refractivity contribution in [3.63, 3.8) is 0 Å². The molecule has 20 heteroatoms. The number of phenols is 2. The van der Waals surface area contributed by atoms with Crippen molar-refractivity contribution in [2.45, 2.75) is 75.3 Å². The Morgan fingerprint density at radius 2 is 0.838 bits per heavy atom. The maximum atomic E-state index is 12.9. The van der Waals surface area contributed by atoms with Gasteiger partial charge in [-0.2, -0.15) is 0 Å². The Hall–Kier alpha value is -6.05. The fourth-order valence-electron chi connectivity index (χ4n) is 6.61. The number of aromatic hydroxyl groups is 2. The topological polar surface area (TPSA) is 308 Å². The van der Waals surface area contributed by atoms with Crippen LogP contribution in [0.3, 0.4) is 0 Å². The molecule has 19 nitrogen and oxygen atoms in total. The summed E-state index contributed by atoms with van der Waals surface area (Å²) in [6.45, 7) is -2.78. The van der Waals surface area contributed by atoms with E-state index in [1.165, 1.54) is 36.4 Å². The summed E-state index contributed by atoms with van der Waals surface area (Å²) in [6, 6.07) is 22.0. The first-order chi connectivity index (χ1) is 32.7. The fourth-order valence-corrected chi connectivity index (χ4v) is 7.19. The highest BCUT2D eigenvalue weighted by Crippen LogP contribution is 2.31. The Morgan fingerprint density at radius 3 is 1.18 bits per heavy atom. The zero-order valence-corrected chi connectivity index (χ0v) is 38.6. The van der Waals surface area contributed by atoms with Crippen LogP contribution in [0.15, 0.2) is 84.9 Å². The predicted molar refractivity (Wildman–Crippen MR) is 247 cm³/mol. The summed E-state index contributed by atoms with van der Waals surface area (Å²) >= 11 is 0. The third-order valence-electron chi connectivity index (χ3n) is 10.9. The number of amides is 2. The second-order valence-electron chi connectivity index (χ2n) is 16.3. The van der Waals surface area contributed by atoms with Crippen LogP contribution >= 0.6 is 8.25 Å². The van der Waals surface area contributed by atoms with Gasteiger partial charge in [0.2, 0.25) is 11.8 Å². The van der Waals surface area contributed by atoms with Gasteiger partial charge in [-0.1, -0.05) is 24.3 Å². The summed E-state index contributed by atoms with van der Waals surface area (Å²) in [5, 5.41) is 82.1. The van der Waals surface area contributed by atoms with Gasteiger partial charge in [0.05, 0.1) is 64.0 Å². The molecule has 0 bridgehead atoms. The number of hydrogen-bond donors (Lipinski definition) is 10. The largest absolute Gasteiger partial charge is 0.508 e. The van der Waals surface area contributed by atoms with Crippen molar-refractivity contribution >= 4 is 32.0 Å². The zero-order valence-electron chi connectivity index (χ0n) is 37.6. The number of ether oxygens (including phenoxy) is 2. The third-order valence-corrected chi connectivity index (χ3v) is 11.6. The van der Waals surface area contributed by atoms with E-state index in [0.29, 0.717) is 74.4 Å². The van der Waals surface area contributed by atoms with Crippen LogP contribution in [0.25, 0.3) is 0 Å². The molecule has 0 saturated heterocycles. The number of hydrogen-bond acceptors (Lipinski definition) is 17. The minimum absolute atomic E-state index is 0.0460. The second kappa shape index (κ2) is 27.7. The standard InChI is InChI=1S/C48H61N2O17P/c51-27-47(28-52,29-53)49-43(59)7-3-1-5-21-64-39-15-9-33(10-16-39)23-37-25-35(13-19-41(37)57)45(61)66-68(63)67-46(62)36-14-20-42(58)38(26-36)24-34-11-17-40(18-12-34)65-22-6-2-4-8-44(60)50-48(30-54,31-55)32-56/h9-20,25-26,51-58,68H,1-8,21-24,27-32H2,(H,49,59)(H,50,60). The van der Waals surface area contributed by atoms with Gasteiger partial charge in [-0.25, -0.2) is 14.2 Å². The van der Waals surface area contributed by atoms with Gasteiger partial charge < -0.3 is 70.0 Å². The fraction of sp³-hybridized carbons (Fsp3) is 0.417. The van der Waals surface area contributed by atoms with Crippen molar-refractivity contribution in [2.75, 3.05) is 52.9 Å². The highest BCUT2D eigenvalue weighted by Gasteiger charge is 2.30. The Bertz CT molecular complexity index is 2090. The SMILES string of the molecule is O=C(CCCCCOc1ccc(Cc2cc(C(=O)O[PH](=O)OC(=O)c3ccc(O)c(Cc4ccc(OCCCCCC(=O)NC(CO)(CO)CO)cc4)c3)ccc2O)cc1)NC(CO)(CO)CO. The predicted octanol–water partition coefficient (Wildman–Crippen LogP) is 3.23. The molecule has 10 N–H and O–H groups in total. The van der Waals surface area contributed by atoms with E-state index in [1.54, 1.807) is 48.5 Å². The van der Waals surface area contributed by atoms with Gasteiger partial charge in [-0.15, -0.1) is 0 Å². The molecule has 0 heterocycles. The van der Waals surface area contributed by atoms with Crippen molar-refractivity contribution in [1.82, 2.24) is 10.6 Å². The number of benzene rings is 4. The molecular weight excluding hydrogens is 907 g/mol. The molecule has 370 valence electrons. The lowest BCUT2D eigenvalue weighted by atomic mass is 10.0. The summed E-state index contributed by atoms with van der Waals surface area (Å²) in [4.78, 5) is 50.1. The lowest BCUT2D eigenvalue weighted by Crippen LogP contribution is -2.57. The Kier molecular flexibility index (Phi) is 22.2. The maximum absolute atomic E-state index is 12.9. The molecule has 0 aliphatic heterocycles. The monoisotopic (exact) mass is 968 g/mol. The van der Waals surface area contributed by atoms with Crippen LogP contribution in [-0.2, 0) is 36.0 Å². The minimum Gasteiger partial charge on any atom is -0.508 e. The number of phenolic OH excluding ortho intramolecular Hbond substituents is 2. The van der Waals surface area contributed by atoms with Crippen LogP contribution in [-0.4, -0.2) is 129 Å². The highest BCUT2D eigenvalue weighted by atomic mass is 31.1. The summed E-state index contributed by atoms with van der Waals surface area (Å²) in [5.41, 5.74) is -0.726. The smallest absolute Gasteiger partial charge is 0.423 e. The molecule has 2 amide bonds. The van der Waals surface area contributed by atoms with Gasteiger partial charge in [0.25, 0.3) is 0 Å². The van der Waals surface area contributed by atoms with Gasteiger partial charge in [0.1, 0.15) is 34.1 Å². The van der Waals surface area contributed by atoms with Crippen LogP contribution in [0.4, 0.5) is 0 Å². The third kappa shape index (κ3) is 17.2. The highest BCUT2D eigenvalue weighted by molar-refractivity contribution is 7.34. The molecule has 4 aromatic rings. The molecule has 0 saturated carbocycles. The van der Waals surface area contributed by atoms with Crippen LogP contribution in [0, 0.1) is 0 Å². The van der Waals surface area contributed by atoms with E-state index in [-0.39, 0.29) is 60.1 Å². The molecule has 0 aromatic heterocycles. The molecule has 68 heavy (non-hydrogen) atoms. The van der Waals surface area contributed by atoms with Gasteiger partial charge in [-0.3, -0.25) is 9.59 Å². The summed E-state index contributed by atoms with van der Waals surface area (Å²) in [6.07, 6.45) is 4.48.